The second kappa shape index (κ2) is 16.8. The molecule has 0 aliphatic heterocycles. The minimum Gasteiger partial charge on any atom is -0.455 e. The maximum atomic E-state index is 6.87. The van der Waals surface area contributed by atoms with E-state index < -0.39 is 0 Å². The third kappa shape index (κ3) is 6.62. The number of furan rings is 2. The van der Waals surface area contributed by atoms with Crippen molar-refractivity contribution in [3.05, 3.63) is 243 Å². The molecule has 5 heterocycles. The molecule has 76 heavy (non-hydrogen) atoms. The van der Waals surface area contributed by atoms with Gasteiger partial charge in [-0.15, -0.1) is 11.3 Å². The topological polar surface area (TPSA) is 69.9 Å². The molecule has 6 nitrogen and oxygen atoms in total. The number of hydrogen-bond acceptors (Lipinski definition) is 6. The van der Waals surface area contributed by atoms with Crippen LogP contribution >= 0.6 is 11.3 Å². The summed E-state index contributed by atoms with van der Waals surface area (Å²) >= 11 is 1.79. The van der Waals surface area contributed by atoms with Gasteiger partial charge in [0.05, 0.1) is 11.0 Å². The van der Waals surface area contributed by atoms with Crippen molar-refractivity contribution in [3.63, 3.8) is 0 Å². The molecule has 354 valence electrons. The first-order chi connectivity index (χ1) is 37.7. The van der Waals surface area contributed by atoms with Crippen molar-refractivity contribution in [1.29, 1.82) is 0 Å². The predicted octanol–water partition coefficient (Wildman–Crippen LogP) is 19.1. The Morgan fingerprint density at radius 1 is 0.316 bits per heavy atom. The lowest BCUT2D eigenvalue weighted by molar-refractivity contribution is 0.669. The van der Waals surface area contributed by atoms with Crippen LogP contribution in [0.4, 0.5) is 0 Å². The average molecular weight is 989 g/mol. The van der Waals surface area contributed by atoms with Crippen molar-refractivity contribution >= 4 is 97.2 Å². The van der Waals surface area contributed by atoms with Crippen LogP contribution in [-0.2, 0) is 0 Å². The van der Waals surface area contributed by atoms with Gasteiger partial charge in [0.25, 0.3) is 0 Å². The standard InChI is InChI=1S/C69H40N4O2S/c1-4-16-41(17-5-1)47-23-12-24-50-49-35-32-45(40-61(49)75-64(47)50)68-70-67(42-18-6-2-7-19-42)71-69(72-68)55-29-15-31-62-63(55)54-28-14-27-53(66(54)76-62)51-25-13-26-52-57-39-44(34-37-60(57)74-65(51)52)43-33-36-59-56(38-43)48-22-10-11-30-58(48)73(59)46-20-8-3-9-21-46/h1-40H. The molecule has 0 aliphatic rings. The number of nitrogens with zero attached hydrogens (tertiary/aromatic N) is 4. The highest BCUT2D eigenvalue weighted by atomic mass is 32.1. The highest BCUT2D eigenvalue weighted by Gasteiger charge is 2.22. The van der Waals surface area contributed by atoms with Crippen LogP contribution < -0.4 is 0 Å². The largest absolute Gasteiger partial charge is 0.455 e. The smallest absolute Gasteiger partial charge is 0.164 e. The predicted molar refractivity (Wildman–Crippen MR) is 314 cm³/mol. The SMILES string of the molecule is c1ccc(-c2nc(-c3ccc4c(c3)oc3c(-c5ccccc5)cccc34)nc(-c3cccc4sc5c(-c6cccc7c6oc6ccc(-c8ccc9c(c8)c8ccccc8n9-c8ccccc8)cc67)cccc5c34)n2)cc1. The summed E-state index contributed by atoms with van der Waals surface area (Å²) in [5.74, 6) is 1.78. The van der Waals surface area contributed by atoms with Crippen molar-refractivity contribution in [2.75, 3.05) is 0 Å². The van der Waals surface area contributed by atoms with Crippen LogP contribution in [0.25, 0.3) is 159 Å². The first-order valence-electron chi connectivity index (χ1n) is 25.5. The van der Waals surface area contributed by atoms with E-state index in [0.717, 1.165) is 115 Å². The summed E-state index contributed by atoms with van der Waals surface area (Å²) in [4.78, 5) is 15.7. The van der Waals surface area contributed by atoms with Gasteiger partial charge >= 0.3 is 0 Å². The zero-order chi connectivity index (χ0) is 49.8. The van der Waals surface area contributed by atoms with E-state index in [1.165, 1.54) is 26.5 Å². The van der Waals surface area contributed by atoms with E-state index in [4.69, 9.17) is 23.8 Å². The number of hydrogen-bond donors (Lipinski definition) is 0. The van der Waals surface area contributed by atoms with E-state index in [1.807, 2.05) is 24.3 Å². The summed E-state index contributed by atoms with van der Waals surface area (Å²) in [5.41, 5.74) is 16.2. The van der Waals surface area contributed by atoms with Gasteiger partial charge in [0.2, 0.25) is 0 Å². The van der Waals surface area contributed by atoms with Gasteiger partial charge in [-0.05, 0) is 77.4 Å². The third-order valence-corrected chi connectivity index (χ3v) is 16.3. The summed E-state index contributed by atoms with van der Waals surface area (Å²) in [6.45, 7) is 0. The van der Waals surface area contributed by atoms with Crippen molar-refractivity contribution in [2.24, 2.45) is 0 Å². The Hall–Kier alpha value is -9.95. The zero-order valence-corrected chi connectivity index (χ0v) is 41.4. The molecule has 0 spiro atoms. The molecular formula is C69H40N4O2S. The van der Waals surface area contributed by atoms with Crippen LogP contribution in [0.15, 0.2) is 251 Å². The zero-order valence-electron chi connectivity index (χ0n) is 40.6. The summed E-state index contributed by atoms with van der Waals surface area (Å²) in [6, 6.07) is 85.5. The molecule has 0 bridgehead atoms. The minimum atomic E-state index is 0.572. The minimum absolute atomic E-state index is 0.572. The molecule has 7 heteroatoms. The van der Waals surface area contributed by atoms with E-state index in [1.54, 1.807) is 11.3 Å². The second-order valence-corrected chi connectivity index (χ2v) is 20.5. The van der Waals surface area contributed by atoms with E-state index in [2.05, 4.69) is 223 Å². The molecular weight excluding hydrogens is 949 g/mol. The monoisotopic (exact) mass is 988 g/mol. The van der Waals surface area contributed by atoms with Gasteiger partial charge in [-0.2, -0.15) is 0 Å². The number of rotatable bonds is 7. The number of thiophene rings is 1. The Kier molecular flexibility index (Phi) is 9.40. The molecule has 0 fully saturated rings. The van der Waals surface area contributed by atoms with Crippen LogP contribution in [0.5, 0.6) is 0 Å². The average Bonchev–Trinajstić information content (AvgIpc) is 4.26. The lowest BCUT2D eigenvalue weighted by Gasteiger charge is -2.10. The van der Waals surface area contributed by atoms with E-state index in [0.29, 0.717) is 17.5 Å². The van der Waals surface area contributed by atoms with Crippen LogP contribution in [0.1, 0.15) is 0 Å². The maximum Gasteiger partial charge on any atom is 0.164 e. The van der Waals surface area contributed by atoms with E-state index in [-0.39, 0.29) is 0 Å². The van der Waals surface area contributed by atoms with Gasteiger partial charge < -0.3 is 13.4 Å². The molecule has 0 amide bonds. The normalized spacial score (nSPS) is 11.9. The Labute approximate surface area is 439 Å². The van der Waals surface area contributed by atoms with Crippen LogP contribution in [0, 0.1) is 0 Å². The van der Waals surface area contributed by atoms with Crippen LogP contribution in [-0.4, -0.2) is 19.5 Å². The molecule has 0 saturated carbocycles. The maximum absolute atomic E-state index is 6.87. The van der Waals surface area contributed by atoms with Gasteiger partial charge in [0.1, 0.15) is 22.3 Å². The van der Waals surface area contributed by atoms with Gasteiger partial charge in [-0.1, -0.05) is 182 Å². The molecule has 16 rings (SSSR count). The highest BCUT2D eigenvalue weighted by Crippen LogP contribution is 2.47. The fraction of sp³-hybridized carbons (Fsp3) is 0. The Morgan fingerprint density at radius 3 is 1.70 bits per heavy atom. The van der Waals surface area contributed by atoms with Crippen LogP contribution in [0.2, 0.25) is 0 Å². The number of benzene rings is 11. The Bertz CT molecular complexity index is 4990. The molecule has 0 radical (unpaired) electrons. The first-order valence-corrected chi connectivity index (χ1v) is 26.3. The Balaban J connectivity index is 0.813. The number of fused-ring (bicyclic) bond motifs is 12. The fourth-order valence-electron chi connectivity index (χ4n) is 11.6. The van der Waals surface area contributed by atoms with Crippen LogP contribution in [0.3, 0.4) is 0 Å². The van der Waals surface area contributed by atoms with Crippen molar-refractivity contribution in [1.82, 2.24) is 19.5 Å². The molecule has 0 unspecified atom stereocenters. The van der Waals surface area contributed by atoms with E-state index >= 15 is 0 Å². The molecule has 0 saturated heterocycles. The summed E-state index contributed by atoms with van der Waals surface area (Å²) in [6.07, 6.45) is 0. The molecule has 5 aromatic heterocycles. The lowest BCUT2D eigenvalue weighted by Crippen LogP contribution is -2.00. The van der Waals surface area contributed by atoms with Crippen molar-refractivity contribution < 1.29 is 8.83 Å². The molecule has 16 aromatic rings. The first kappa shape index (κ1) is 42.5. The molecule has 0 atom stereocenters. The highest BCUT2D eigenvalue weighted by molar-refractivity contribution is 7.26. The van der Waals surface area contributed by atoms with Gasteiger partial charge in [-0.3, -0.25) is 0 Å². The van der Waals surface area contributed by atoms with Gasteiger partial charge in [0.15, 0.2) is 17.5 Å². The van der Waals surface area contributed by atoms with Gasteiger partial charge in [0, 0.05) is 91.6 Å². The fourth-order valence-corrected chi connectivity index (χ4v) is 12.8. The number of aromatic nitrogens is 4. The Morgan fingerprint density at radius 2 is 0.882 bits per heavy atom. The van der Waals surface area contributed by atoms with E-state index in [9.17, 15) is 0 Å². The molecule has 0 aliphatic carbocycles. The molecule has 11 aromatic carbocycles. The second-order valence-electron chi connectivity index (χ2n) is 19.4. The van der Waals surface area contributed by atoms with Crippen molar-refractivity contribution in [3.8, 4) is 73.2 Å². The summed E-state index contributed by atoms with van der Waals surface area (Å²) < 4.78 is 18.2. The quantitative estimate of drug-likeness (QED) is 0.159. The van der Waals surface area contributed by atoms with Gasteiger partial charge in [-0.25, -0.2) is 15.0 Å². The molecule has 0 N–H and O–H groups in total. The van der Waals surface area contributed by atoms with Crippen molar-refractivity contribution in [2.45, 2.75) is 0 Å². The number of para-hydroxylation sites is 4. The summed E-state index contributed by atoms with van der Waals surface area (Å²) in [5, 5.41) is 8.97. The lowest BCUT2D eigenvalue weighted by atomic mass is 9.98. The summed E-state index contributed by atoms with van der Waals surface area (Å²) in [7, 11) is 0. The third-order valence-electron chi connectivity index (χ3n) is 15.1.